The van der Waals surface area contributed by atoms with Crippen molar-refractivity contribution in [1.82, 2.24) is 21.5 Å². The van der Waals surface area contributed by atoms with E-state index in [1.807, 2.05) is 31.5 Å². The van der Waals surface area contributed by atoms with Crippen LogP contribution in [-0.4, -0.2) is 24.6 Å². The number of nitrogens with zero attached hydrogens (tertiary/aromatic N) is 1. The van der Waals surface area contributed by atoms with Crippen LogP contribution in [-0.2, 0) is 16.1 Å². The predicted octanol–water partition coefficient (Wildman–Crippen LogP) is 0.877. The van der Waals surface area contributed by atoms with Gasteiger partial charge in [-0.25, -0.2) is 0 Å². The second-order valence-corrected chi connectivity index (χ2v) is 6.80. The molecule has 2 heterocycles. The van der Waals surface area contributed by atoms with Crippen molar-refractivity contribution in [2.45, 2.75) is 13.5 Å². The number of allylic oxidation sites excluding steroid dienone is 2. The Balaban J connectivity index is 1.79. The number of rotatable bonds is 4. The van der Waals surface area contributed by atoms with E-state index in [1.54, 1.807) is 6.08 Å². The highest BCUT2D eigenvalue weighted by Gasteiger charge is 2.42. The summed E-state index contributed by atoms with van der Waals surface area (Å²) in [4.78, 5) is 28.8. The van der Waals surface area contributed by atoms with Crippen molar-refractivity contribution in [1.29, 1.82) is 0 Å². The number of hydrogen-bond donors (Lipinski definition) is 4. The highest BCUT2D eigenvalue weighted by molar-refractivity contribution is 6.16. The maximum absolute atomic E-state index is 12.5. The summed E-state index contributed by atoms with van der Waals surface area (Å²) in [6.07, 6.45) is 5.45. The van der Waals surface area contributed by atoms with Crippen LogP contribution in [0.15, 0.2) is 64.6 Å². The van der Waals surface area contributed by atoms with Gasteiger partial charge in [-0.05, 0) is 30.8 Å². The predicted molar refractivity (Wildman–Crippen MR) is 102 cm³/mol. The van der Waals surface area contributed by atoms with Crippen LogP contribution in [0.4, 0.5) is 0 Å². The summed E-state index contributed by atoms with van der Waals surface area (Å²) < 4.78 is 0. The van der Waals surface area contributed by atoms with Crippen molar-refractivity contribution in [3.05, 3.63) is 70.7 Å². The minimum atomic E-state index is -0.435. The van der Waals surface area contributed by atoms with Crippen LogP contribution in [0.3, 0.4) is 0 Å². The fraction of sp³-hybridized carbons (Fsp3) is 0.250. The maximum atomic E-state index is 12.5. The molecule has 138 valence electrons. The Hall–Kier alpha value is -3.19. The molecule has 0 saturated carbocycles. The van der Waals surface area contributed by atoms with Gasteiger partial charge in [-0.1, -0.05) is 18.2 Å². The van der Waals surface area contributed by atoms with Crippen LogP contribution in [0.5, 0.6) is 0 Å². The Morgan fingerprint density at radius 2 is 2.19 bits per heavy atom. The van der Waals surface area contributed by atoms with E-state index < -0.39 is 5.92 Å². The highest BCUT2D eigenvalue weighted by Crippen LogP contribution is 2.42. The lowest BCUT2D eigenvalue weighted by Crippen LogP contribution is -2.39. The van der Waals surface area contributed by atoms with Crippen molar-refractivity contribution < 1.29 is 9.59 Å². The van der Waals surface area contributed by atoms with Crippen LogP contribution in [0.25, 0.3) is 0 Å². The zero-order valence-electron chi connectivity index (χ0n) is 15.2. The average Bonchev–Trinajstić information content (AvgIpc) is 2.90. The van der Waals surface area contributed by atoms with Gasteiger partial charge in [0.15, 0.2) is 0 Å². The van der Waals surface area contributed by atoms with Gasteiger partial charge < -0.3 is 16.1 Å². The smallest absolute Gasteiger partial charge is 0.246 e. The Labute approximate surface area is 157 Å². The fourth-order valence-electron chi connectivity index (χ4n) is 3.76. The standard InChI is InChI=1S/C20H21N5O2/c1-11(26)23-14-7-15-18-16(10-22-25-20(15)27)19(24-17(18)8-14)13-5-3-4-12(6-13)9-21-2/h3-8,10,15,18,21-22H,9H2,1-2H3,(H,23,26)(H,25,27). The summed E-state index contributed by atoms with van der Waals surface area (Å²) in [6, 6.07) is 8.19. The van der Waals surface area contributed by atoms with Crippen molar-refractivity contribution in [3.8, 4) is 0 Å². The molecule has 0 fully saturated rings. The molecule has 1 aromatic rings. The van der Waals surface area contributed by atoms with Crippen molar-refractivity contribution in [2.75, 3.05) is 7.05 Å². The molecule has 2 amide bonds. The zero-order chi connectivity index (χ0) is 19.0. The van der Waals surface area contributed by atoms with Crippen LogP contribution >= 0.6 is 0 Å². The summed E-state index contributed by atoms with van der Waals surface area (Å²) in [5.41, 5.74) is 10.9. The molecule has 7 nitrogen and oxygen atoms in total. The van der Waals surface area contributed by atoms with E-state index in [0.717, 1.165) is 34.7 Å². The Morgan fingerprint density at radius 3 is 2.96 bits per heavy atom. The van der Waals surface area contributed by atoms with E-state index in [2.05, 4.69) is 33.6 Å². The molecule has 2 unspecified atom stereocenters. The molecule has 2 aliphatic heterocycles. The first kappa shape index (κ1) is 17.2. The largest absolute Gasteiger partial charge is 0.327 e. The van der Waals surface area contributed by atoms with E-state index in [4.69, 9.17) is 4.99 Å². The SMILES string of the molecule is CNCc1cccc(C2=NC3=CC(NC(C)=O)=CC4C(=O)NNC=C2C34)c1. The fourth-order valence-corrected chi connectivity index (χ4v) is 3.76. The third kappa shape index (κ3) is 3.17. The molecule has 27 heavy (non-hydrogen) atoms. The lowest BCUT2D eigenvalue weighted by molar-refractivity contribution is -0.125. The van der Waals surface area contributed by atoms with Gasteiger partial charge in [0, 0.05) is 42.4 Å². The molecule has 7 heteroatoms. The van der Waals surface area contributed by atoms with Gasteiger partial charge in [0.05, 0.1) is 17.3 Å². The van der Waals surface area contributed by atoms with Gasteiger partial charge in [0.1, 0.15) is 0 Å². The number of nitrogens with one attached hydrogen (secondary N) is 4. The first-order valence-electron chi connectivity index (χ1n) is 8.86. The van der Waals surface area contributed by atoms with Crippen LogP contribution < -0.4 is 21.5 Å². The maximum Gasteiger partial charge on any atom is 0.246 e. The van der Waals surface area contributed by atoms with Crippen molar-refractivity contribution in [2.24, 2.45) is 16.8 Å². The van der Waals surface area contributed by atoms with Crippen molar-refractivity contribution >= 4 is 17.5 Å². The third-order valence-electron chi connectivity index (χ3n) is 4.82. The summed E-state index contributed by atoms with van der Waals surface area (Å²) in [6.45, 7) is 2.21. The second-order valence-electron chi connectivity index (χ2n) is 6.80. The topological polar surface area (TPSA) is 94.6 Å². The number of amides is 2. The van der Waals surface area contributed by atoms with Crippen LogP contribution in [0, 0.1) is 11.8 Å². The van der Waals surface area contributed by atoms with Gasteiger partial charge in [0.2, 0.25) is 11.8 Å². The summed E-state index contributed by atoms with van der Waals surface area (Å²) >= 11 is 0. The molecular weight excluding hydrogens is 342 g/mol. The van der Waals surface area contributed by atoms with Gasteiger partial charge in [-0.2, -0.15) is 0 Å². The highest BCUT2D eigenvalue weighted by atomic mass is 16.2. The summed E-state index contributed by atoms with van der Waals surface area (Å²) in [7, 11) is 1.91. The van der Waals surface area contributed by atoms with E-state index in [1.165, 1.54) is 6.92 Å². The summed E-state index contributed by atoms with van der Waals surface area (Å²) in [5, 5.41) is 5.92. The molecular formula is C20H21N5O2. The minimum Gasteiger partial charge on any atom is -0.327 e. The number of hydrogen-bond acceptors (Lipinski definition) is 5. The molecule has 4 rings (SSSR count). The summed E-state index contributed by atoms with van der Waals surface area (Å²) in [5.74, 6) is -0.933. The number of benzene rings is 1. The third-order valence-corrected chi connectivity index (χ3v) is 4.82. The van der Waals surface area contributed by atoms with Gasteiger partial charge in [-0.15, -0.1) is 0 Å². The van der Waals surface area contributed by atoms with Gasteiger partial charge >= 0.3 is 0 Å². The molecule has 0 radical (unpaired) electrons. The number of carbonyl (C=O) groups is 2. The first-order valence-corrected chi connectivity index (χ1v) is 8.86. The molecule has 0 aromatic heterocycles. The molecule has 1 aromatic carbocycles. The van der Waals surface area contributed by atoms with E-state index in [9.17, 15) is 9.59 Å². The number of carbonyl (C=O) groups excluding carboxylic acids is 2. The number of aliphatic imine (C=N–C) groups is 1. The Bertz CT molecular complexity index is 941. The van der Waals surface area contributed by atoms with E-state index in [-0.39, 0.29) is 17.7 Å². The monoisotopic (exact) mass is 363 g/mol. The Morgan fingerprint density at radius 1 is 1.33 bits per heavy atom. The Kier molecular flexibility index (Phi) is 4.37. The lowest BCUT2D eigenvalue weighted by Gasteiger charge is -2.24. The van der Waals surface area contributed by atoms with Gasteiger partial charge in [-0.3, -0.25) is 20.0 Å². The normalized spacial score (nSPS) is 23.0. The average molecular weight is 363 g/mol. The van der Waals surface area contributed by atoms with Crippen molar-refractivity contribution in [3.63, 3.8) is 0 Å². The molecule has 0 saturated heterocycles. The quantitative estimate of drug-likeness (QED) is 0.639. The zero-order valence-corrected chi connectivity index (χ0v) is 15.2. The molecule has 0 bridgehead atoms. The van der Waals surface area contributed by atoms with Crippen LogP contribution in [0.2, 0.25) is 0 Å². The van der Waals surface area contributed by atoms with E-state index >= 15 is 0 Å². The molecule has 2 atom stereocenters. The van der Waals surface area contributed by atoms with E-state index in [0.29, 0.717) is 5.70 Å². The molecule has 3 aliphatic rings. The lowest BCUT2D eigenvalue weighted by atomic mass is 9.79. The van der Waals surface area contributed by atoms with Crippen LogP contribution in [0.1, 0.15) is 18.1 Å². The van der Waals surface area contributed by atoms with Gasteiger partial charge in [0.25, 0.3) is 0 Å². The first-order chi connectivity index (χ1) is 13.1. The number of hydrazine groups is 1. The minimum absolute atomic E-state index is 0.153. The molecule has 1 aliphatic carbocycles. The molecule has 0 spiro atoms. The second kappa shape index (κ2) is 6.85. The molecule has 4 N–H and O–H groups in total.